The zero-order chi connectivity index (χ0) is 15.9. The van der Waals surface area contributed by atoms with Crippen LogP contribution in [0.15, 0.2) is 48.0 Å². The molecule has 2 bridgehead atoms. The molecule has 5 heterocycles. The number of piperidine rings is 3. The van der Waals surface area contributed by atoms with Crippen molar-refractivity contribution in [3.05, 3.63) is 48.0 Å². The summed E-state index contributed by atoms with van der Waals surface area (Å²) in [4.78, 5) is 3.76. The molecule has 3 aromatic rings. The molecular formula is C19H20N4S. The largest absolute Gasteiger partial charge is 0.301 e. The molecule has 3 aliphatic heterocycles. The van der Waals surface area contributed by atoms with Crippen molar-refractivity contribution in [2.45, 2.75) is 18.9 Å². The van der Waals surface area contributed by atoms with Crippen LogP contribution < -0.4 is 0 Å². The van der Waals surface area contributed by atoms with E-state index in [0.717, 1.165) is 18.2 Å². The molecule has 0 radical (unpaired) electrons. The molecule has 24 heavy (non-hydrogen) atoms. The Morgan fingerprint density at radius 3 is 2.62 bits per heavy atom. The van der Waals surface area contributed by atoms with Gasteiger partial charge in [-0.3, -0.25) is 0 Å². The quantitative estimate of drug-likeness (QED) is 0.726. The molecule has 0 aliphatic carbocycles. The van der Waals surface area contributed by atoms with Crippen molar-refractivity contribution in [1.82, 2.24) is 19.9 Å². The van der Waals surface area contributed by atoms with Crippen molar-refractivity contribution < 1.29 is 0 Å². The van der Waals surface area contributed by atoms with E-state index in [1.807, 2.05) is 0 Å². The summed E-state index contributed by atoms with van der Waals surface area (Å²) in [5, 5.41) is 11.1. The minimum atomic E-state index is 0.502. The summed E-state index contributed by atoms with van der Waals surface area (Å²) in [5.74, 6) is 0.771. The Morgan fingerprint density at radius 1 is 1.04 bits per heavy atom. The summed E-state index contributed by atoms with van der Waals surface area (Å²) in [6.07, 6.45) is 4.75. The number of hydrogen-bond donors (Lipinski definition) is 0. The molecule has 6 rings (SSSR count). The Labute approximate surface area is 145 Å². The van der Waals surface area contributed by atoms with Crippen LogP contribution in [-0.4, -0.2) is 39.5 Å². The fraction of sp³-hybridized carbons (Fsp3) is 0.368. The number of rotatable bonds is 3. The summed E-state index contributed by atoms with van der Waals surface area (Å²) in [6.45, 7) is 3.65. The highest BCUT2D eigenvalue weighted by atomic mass is 32.1. The average molecular weight is 336 g/mol. The lowest BCUT2D eigenvalue weighted by molar-refractivity contribution is 0.0504. The molecule has 3 saturated heterocycles. The third kappa shape index (κ3) is 2.48. The number of hydrogen-bond acceptors (Lipinski definition) is 4. The maximum Gasteiger partial charge on any atom is 0.123 e. The van der Waals surface area contributed by atoms with Crippen LogP contribution in [0.25, 0.3) is 21.7 Å². The minimum absolute atomic E-state index is 0.502. The van der Waals surface area contributed by atoms with E-state index < -0.39 is 0 Å². The summed E-state index contributed by atoms with van der Waals surface area (Å²) >= 11 is 1.75. The average Bonchev–Trinajstić information content (AvgIpc) is 3.33. The third-order valence-corrected chi connectivity index (χ3v) is 6.38. The Bertz CT molecular complexity index is 830. The van der Waals surface area contributed by atoms with Crippen molar-refractivity contribution in [2.24, 2.45) is 5.92 Å². The molecule has 0 saturated carbocycles. The van der Waals surface area contributed by atoms with Crippen LogP contribution in [-0.2, 0) is 0 Å². The van der Waals surface area contributed by atoms with Crippen LogP contribution >= 0.6 is 11.3 Å². The third-order valence-electron chi connectivity index (χ3n) is 5.43. The summed E-state index contributed by atoms with van der Waals surface area (Å²) in [7, 11) is 0. The van der Waals surface area contributed by atoms with E-state index in [0.29, 0.717) is 6.04 Å². The fourth-order valence-electron chi connectivity index (χ4n) is 4.04. The van der Waals surface area contributed by atoms with E-state index in [1.165, 1.54) is 41.9 Å². The second kappa shape index (κ2) is 5.83. The highest BCUT2D eigenvalue weighted by Gasteiger charge is 2.35. The van der Waals surface area contributed by atoms with Gasteiger partial charge < -0.3 is 4.90 Å². The van der Waals surface area contributed by atoms with Crippen molar-refractivity contribution in [3.63, 3.8) is 0 Å². The van der Waals surface area contributed by atoms with Crippen molar-refractivity contribution in [3.8, 4) is 21.7 Å². The summed E-state index contributed by atoms with van der Waals surface area (Å²) < 4.78 is 2.12. The Balaban J connectivity index is 1.41. The van der Waals surface area contributed by atoms with Gasteiger partial charge in [0.15, 0.2) is 0 Å². The lowest BCUT2D eigenvalue weighted by Crippen LogP contribution is -2.48. The van der Waals surface area contributed by atoms with Gasteiger partial charge in [0.1, 0.15) is 5.69 Å². The van der Waals surface area contributed by atoms with E-state index in [-0.39, 0.29) is 0 Å². The molecule has 1 aromatic carbocycles. The van der Waals surface area contributed by atoms with Crippen LogP contribution in [0.5, 0.6) is 0 Å². The smallest absolute Gasteiger partial charge is 0.123 e. The van der Waals surface area contributed by atoms with Crippen molar-refractivity contribution in [1.29, 1.82) is 0 Å². The standard InChI is InChI=1S/C19H20N4S/c1-2-4-14(5-3-1)16-10-19(24-13-16)17-11-23(21-20-17)18-12-22-8-6-15(18)7-9-22/h1-5,10-11,13,15,18H,6-9,12H2/t18-/m0/s1. The van der Waals surface area contributed by atoms with Crippen molar-refractivity contribution >= 4 is 11.3 Å². The molecule has 1 atom stereocenters. The fourth-order valence-corrected chi connectivity index (χ4v) is 4.91. The molecule has 0 N–H and O–H groups in total. The van der Waals surface area contributed by atoms with Gasteiger partial charge in [-0.2, -0.15) is 0 Å². The topological polar surface area (TPSA) is 34.0 Å². The predicted octanol–water partition coefficient (Wildman–Crippen LogP) is 3.94. The summed E-state index contributed by atoms with van der Waals surface area (Å²) in [5.41, 5.74) is 3.51. The van der Waals surface area contributed by atoms with E-state index in [9.17, 15) is 0 Å². The maximum absolute atomic E-state index is 4.46. The lowest BCUT2D eigenvalue weighted by Gasteiger charge is -2.44. The molecule has 0 amide bonds. The van der Waals surface area contributed by atoms with Crippen LogP contribution in [0.2, 0.25) is 0 Å². The first kappa shape index (κ1) is 14.4. The number of fused-ring (bicyclic) bond motifs is 3. The molecule has 3 aliphatic rings. The Kier molecular flexibility index (Phi) is 3.49. The van der Waals surface area contributed by atoms with Crippen molar-refractivity contribution in [2.75, 3.05) is 19.6 Å². The van der Waals surface area contributed by atoms with E-state index >= 15 is 0 Å². The van der Waals surface area contributed by atoms with Crippen LogP contribution in [0.4, 0.5) is 0 Å². The second-order valence-electron chi connectivity index (χ2n) is 6.85. The summed E-state index contributed by atoms with van der Waals surface area (Å²) in [6, 6.07) is 13.2. The first-order valence-electron chi connectivity index (χ1n) is 8.65. The number of aromatic nitrogens is 3. The molecular weight excluding hydrogens is 316 g/mol. The van der Waals surface area contributed by atoms with Crippen LogP contribution in [0.1, 0.15) is 18.9 Å². The van der Waals surface area contributed by atoms with Gasteiger partial charge in [0, 0.05) is 6.54 Å². The molecule has 0 unspecified atom stereocenters. The Hall–Kier alpha value is -1.98. The molecule has 0 spiro atoms. The zero-order valence-corrected chi connectivity index (χ0v) is 14.3. The lowest BCUT2D eigenvalue weighted by atomic mass is 9.84. The van der Waals surface area contributed by atoms with Gasteiger partial charge in [0.25, 0.3) is 0 Å². The zero-order valence-electron chi connectivity index (χ0n) is 13.5. The first-order chi connectivity index (χ1) is 11.9. The number of thiophene rings is 1. The van der Waals surface area contributed by atoms with Gasteiger partial charge in [-0.25, -0.2) is 4.68 Å². The van der Waals surface area contributed by atoms with Gasteiger partial charge in [-0.05, 0) is 54.4 Å². The molecule has 4 nitrogen and oxygen atoms in total. The number of nitrogens with zero attached hydrogens (tertiary/aromatic N) is 4. The minimum Gasteiger partial charge on any atom is -0.301 e. The molecule has 2 aromatic heterocycles. The van der Waals surface area contributed by atoms with E-state index in [1.54, 1.807) is 11.3 Å². The van der Waals surface area contributed by atoms with Gasteiger partial charge >= 0.3 is 0 Å². The highest BCUT2D eigenvalue weighted by molar-refractivity contribution is 7.14. The van der Waals surface area contributed by atoms with Gasteiger partial charge in [-0.1, -0.05) is 35.5 Å². The monoisotopic (exact) mass is 336 g/mol. The number of benzene rings is 1. The molecule has 5 heteroatoms. The second-order valence-corrected chi connectivity index (χ2v) is 7.77. The van der Waals surface area contributed by atoms with Gasteiger partial charge in [-0.15, -0.1) is 16.4 Å². The van der Waals surface area contributed by atoms with Crippen LogP contribution in [0, 0.1) is 5.92 Å². The first-order valence-corrected chi connectivity index (χ1v) is 9.53. The molecule has 122 valence electrons. The maximum atomic E-state index is 4.46. The van der Waals surface area contributed by atoms with Gasteiger partial charge in [0.2, 0.25) is 0 Å². The van der Waals surface area contributed by atoms with E-state index in [4.69, 9.17) is 0 Å². The highest BCUT2D eigenvalue weighted by Crippen LogP contribution is 2.36. The van der Waals surface area contributed by atoms with Gasteiger partial charge in [0.05, 0.1) is 17.1 Å². The van der Waals surface area contributed by atoms with E-state index in [2.05, 4.69) is 67.9 Å². The predicted molar refractivity (Wildman–Crippen MR) is 97.0 cm³/mol. The normalized spacial score (nSPS) is 25.9. The molecule has 3 fully saturated rings. The SMILES string of the molecule is c1ccc(-c2csc(-c3cn([C@H]4CN5CCC4CC5)nn3)c2)cc1. The Morgan fingerprint density at radius 2 is 1.88 bits per heavy atom. The van der Waals surface area contributed by atoms with Crippen LogP contribution in [0.3, 0.4) is 0 Å².